The molecule has 0 saturated heterocycles. The number of hydrogen-bond acceptors (Lipinski definition) is 5. The van der Waals surface area contributed by atoms with Crippen LogP contribution in [0.1, 0.15) is 30.1 Å². The van der Waals surface area contributed by atoms with Gasteiger partial charge in [0.2, 0.25) is 0 Å². The molecule has 1 aliphatic carbocycles. The van der Waals surface area contributed by atoms with Gasteiger partial charge in [0.15, 0.2) is 6.61 Å². The predicted octanol–water partition coefficient (Wildman–Crippen LogP) is 2.07. The zero-order valence-electron chi connectivity index (χ0n) is 13.1. The predicted molar refractivity (Wildman–Crippen MR) is 84.4 cm³/mol. The fraction of sp³-hybridized carbons (Fsp3) is 0.353. The topological polar surface area (TPSA) is 77.5 Å². The Labute approximate surface area is 133 Å². The number of carbonyl (C=O) groups excluding carboxylic acids is 2. The lowest BCUT2D eigenvalue weighted by Crippen LogP contribution is -2.37. The Hall–Kier alpha value is -2.63. The maximum atomic E-state index is 11.9. The molecule has 3 rings (SSSR count). The number of hydrogen-bond donors (Lipinski definition) is 1. The van der Waals surface area contributed by atoms with Gasteiger partial charge < -0.3 is 14.8 Å². The summed E-state index contributed by atoms with van der Waals surface area (Å²) in [5.74, 6) is -0.257. The molecule has 1 aromatic heterocycles. The van der Waals surface area contributed by atoms with Crippen molar-refractivity contribution in [3.8, 4) is 5.75 Å². The van der Waals surface area contributed by atoms with Crippen LogP contribution in [0, 0.1) is 0 Å². The first-order valence-corrected chi connectivity index (χ1v) is 7.42. The number of amides is 1. The largest absolute Gasteiger partial charge is 0.481 e. The first kappa shape index (κ1) is 15.3. The maximum Gasteiger partial charge on any atom is 0.338 e. The van der Waals surface area contributed by atoms with Gasteiger partial charge in [-0.05, 0) is 38.0 Å². The Balaban J connectivity index is 1.83. The van der Waals surface area contributed by atoms with Crippen molar-refractivity contribution < 1.29 is 19.1 Å². The summed E-state index contributed by atoms with van der Waals surface area (Å²) in [6.07, 6.45) is 3.61. The molecule has 2 aromatic rings. The molecule has 0 radical (unpaired) electrons. The Bertz CT molecular complexity index is 768. The highest BCUT2D eigenvalue weighted by Crippen LogP contribution is 2.34. The van der Waals surface area contributed by atoms with Gasteiger partial charge in [0.1, 0.15) is 11.3 Å². The SMILES string of the molecule is COC(=O)c1cc(OCC(=O)NC2(C)CC2)c2ncccc2c1. The summed E-state index contributed by atoms with van der Waals surface area (Å²) in [7, 11) is 1.32. The number of fused-ring (bicyclic) bond motifs is 1. The molecule has 0 spiro atoms. The third-order valence-corrected chi connectivity index (χ3v) is 3.89. The summed E-state index contributed by atoms with van der Waals surface area (Å²) in [4.78, 5) is 28.0. The van der Waals surface area contributed by atoms with Gasteiger partial charge >= 0.3 is 5.97 Å². The zero-order valence-corrected chi connectivity index (χ0v) is 13.1. The third-order valence-electron chi connectivity index (χ3n) is 3.89. The minimum Gasteiger partial charge on any atom is -0.481 e. The van der Waals surface area contributed by atoms with Crippen molar-refractivity contribution in [1.82, 2.24) is 10.3 Å². The van der Waals surface area contributed by atoms with Crippen LogP contribution in [0.15, 0.2) is 30.5 Å². The molecule has 1 saturated carbocycles. The first-order chi connectivity index (χ1) is 11.0. The van der Waals surface area contributed by atoms with Crippen LogP contribution in [-0.4, -0.2) is 36.1 Å². The number of pyridine rings is 1. The van der Waals surface area contributed by atoms with E-state index in [0.717, 1.165) is 18.2 Å². The Kier molecular flexibility index (Phi) is 3.90. The molecular weight excluding hydrogens is 296 g/mol. The molecule has 1 amide bonds. The number of ether oxygens (including phenoxy) is 2. The van der Waals surface area contributed by atoms with Gasteiger partial charge in [-0.15, -0.1) is 0 Å². The van der Waals surface area contributed by atoms with Crippen molar-refractivity contribution in [2.75, 3.05) is 13.7 Å². The number of nitrogens with zero attached hydrogens (tertiary/aromatic N) is 1. The number of rotatable bonds is 5. The summed E-state index contributed by atoms with van der Waals surface area (Å²) >= 11 is 0. The molecule has 0 atom stereocenters. The van der Waals surface area contributed by atoms with E-state index in [4.69, 9.17) is 9.47 Å². The average molecular weight is 314 g/mol. The standard InChI is InChI=1S/C17H18N2O4/c1-17(5-6-17)19-14(20)10-23-13-9-12(16(21)22-2)8-11-4-3-7-18-15(11)13/h3-4,7-9H,5-6,10H2,1-2H3,(H,19,20). The lowest BCUT2D eigenvalue weighted by molar-refractivity contribution is -0.123. The molecular formula is C17H18N2O4. The summed E-state index contributed by atoms with van der Waals surface area (Å²) < 4.78 is 10.4. The van der Waals surface area contributed by atoms with Crippen LogP contribution < -0.4 is 10.1 Å². The van der Waals surface area contributed by atoms with Gasteiger partial charge in [-0.3, -0.25) is 9.78 Å². The third kappa shape index (κ3) is 3.41. The molecule has 120 valence electrons. The molecule has 0 bridgehead atoms. The quantitative estimate of drug-likeness (QED) is 0.855. The zero-order chi connectivity index (χ0) is 16.4. The molecule has 6 heteroatoms. The fourth-order valence-corrected chi connectivity index (χ4v) is 2.33. The number of carbonyl (C=O) groups is 2. The summed E-state index contributed by atoms with van der Waals surface area (Å²) in [5.41, 5.74) is 0.873. The van der Waals surface area contributed by atoms with Gasteiger partial charge in [-0.2, -0.15) is 0 Å². The minimum absolute atomic E-state index is 0.0887. The van der Waals surface area contributed by atoms with E-state index in [1.165, 1.54) is 7.11 Å². The smallest absolute Gasteiger partial charge is 0.338 e. The number of nitrogens with one attached hydrogen (secondary N) is 1. The second-order valence-electron chi connectivity index (χ2n) is 5.94. The van der Waals surface area contributed by atoms with Gasteiger partial charge in [-0.1, -0.05) is 6.07 Å². The van der Waals surface area contributed by atoms with Crippen LogP contribution in [0.2, 0.25) is 0 Å². The van der Waals surface area contributed by atoms with Crippen LogP contribution in [0.4, 0.5) is 0 Å². The fourth-order valence-electron chi connectivity index (χ4n) is 2.33. The van der Waals surface area contributed by atoms with Gasteiger partial charge in [0.05, 0.1) is 12.7 Å². The molecule has 23 heavy (non-hydrogen) atoms. The highest BCUT2D eigenvalue weighted by molar-refractivity contribution is 5.97. The first-order valence-electron chi connectivity index (χ1n) is 7.42. The second kappa shape index (κ2) is 5.87. The second-order valence-corrected chi connectivity index (χ2v) is 5.94. The van der Waals surface area contributed by atoms with E-state index in [0.29, 0.717) is 16.8 Å². The number of methoxy groups -OCH3 is 1. The highest BCUT2D eigenvalue weighted by atomic mass is 16.5. The molecule has 1 fully saturated rings. The normalized spacial score (nSPS) is 15.0. The number of benzene rings is 1. The van der Waals surface area contributed by atoms with Crippen molar-refractivity contribution in [1.29, 1.82) is 0 Å². The van der Waals surface area contributed by atoms with Crippen LogP contribution in [0.5, 0.6) is 5.75 Å². The monoisotopic (exact) mass is 314 g/mol. The average Bonchev–Trinajstić information content (AvgIpc) is 3.28. The van der Waals surface area contributed by atoms with Crippen LogP contribution in [0.25, 0.3) is 10.9 Å². The Morgan fingerprint density at radius 1 is 1.35 bits per heavy atom. The Morgan fingerprint density at radius 3 is 2.83 bits per heavy atom. The van der Waals surface area contributed by atoms with Crippen molar-refractivity contribution >= 4 is 22.8 Å². The summed E-state index contributed by atoms with van der Waals surface area (Å²) in [6, 6.07) is 6.83. The minimum atomic E-state index is -0.462. The summed E-state index contributed by atoms with van der Waals surface area (Å²) in [5, 5.41) is 3.67. The lowest BCUT2D eigenvalue weighted by atomic mass is 10.1. The van der Waals surface area contributed by atoms with E-state index in [-0.39, 0.29) is 18.1 Å². The molecule has 6 nitrogen and oxygen atoms in total. The molecule has 0 unspecified atom stereocenters. The lowest BCUT2D eigenvalue weighted by Gasteiger charge is -2.13. The van der Waals surface area contributed by atoms with Crippen LogP contribution in [-0.2, 0) is 9.53 Å². The van der Waals surface area contributed by atoms with Crippen molar-refractivity contribution in [3.63, 3.8) is 0 Å². The molecule has 1 N–H and O–H groups in total. The molecule has 0 aliphatic heterocycles. The van der Waals surface area contributed by atoms with E-state index >= 15 is 0 Å². The van der Waals surface area contributed by atoms with Gasteiger partial charge in [0.25, 0.3) is 5.91 Å². The highest BCUT2D eigenvalue weighted by Gasteiger charge is 2.38. The maximum absolute atomic E-state index is 11.9. The Morgan fingerprint density at radius 2 is 2.13 bits per heavy atom. The van der Waals surface area contributed by atoms with Crippen LogP contribution >= 0.6 is 0 Å². The van der Waals surface area contributed by atoms with Crippen molar-refractivity contribution in [2.45, 2.75) is 25.3 Å². The number of aromatic nitrogens is 1. The molecule has 1 aromatic carbocycles. The van der Waals surface area contributed by atoms with Crippen molar-refractivity contribution in [2.24, 2.45) is 0 Å². The van der Waals surface area contributed by atoms with E-state index in [2.05, 4.69) is 10.3 Å². The summed E-state index contributed by atoms with van der Waals surface area (Å²) in [6.45, 7) is 1.88. The van der Waals surface area contributed by atoms with Crippen molar-refractivity contribution in [3.05, 3.63) is 36.0 Å². The van der Waals surface area contributed by atoms with Gasteiger partial charge in [-0.25, -0.2) is 4.79 Å². The van der Waals surface area contributed by atoms with E-state index < -0.39 is 5.97 Å². The molecule has 1 heterocycles. The van der Waals surface area contributed by atoms with Gasteiger partial charge in [0, 0.05) is 17.1 Å². The van der Waals surface area contributed by atoms with Crippen LogP contribution in [0.3, 0.4) is 0 Å². The van der Waals surface area contributed by atoms with E-state index in [1.54, 1.807) is 24.4 Å². The number of esters is 1. The molecule has 1 aliphatic rings. The van der Waals surface area contributed by atoms with E-state index in [9.17, 15) is 9.59 Å². The van der Waals surface area contributed by atoms with E-state index in [1.807, 2.05) is 13.0 Å².